The summed E-state index contributed by atoms with van der Waals surface area (Å²) in [6.45, 7) is 3.12. The number of fused-ring (bicyclic) bond motifs is 1. The van der Waals surface area contributed by atoms with Crippen LogP contribution >= 0.6 is 0 Å². The Labute approximate surface area is 122 Å². The van der Waals surface area contributed by atoms with E-state index < -0.39 is 0 Å². The van der Waals surface area contributed by atoms with Crippen molar-refractivity contribution in [2.45, 2.75) is 45.6 Å². The normalized spacial score (nSPS) is 13.8. The number of rotatable bonds is 4. The van der Waals surface area contributed by atoms with Gasteiger partial charge in [0.05, 0.1) is 0 Å². The molecular formula is C19H23N. The van der Waals surface area contributed by atoms with Gasteiger partial charge in [-0.25, -0.2) is 0 Å². The third kappa shape index (κ3) is 2.87. The molecule has 0 amide bonds. The fraction of sp³-hybridized carbons (Fsp3) is 0.368. The molecule has 1 N–H and O–H groups in total. The monoisotopic (exact) mass is 265 g/mol. The van der Waals surface area contributed by atoms with Gasteiger partial charge in [-0.15, -0.1) is 0 Å². The van der Waals surface area contributed by atoms with Gasteiger partial charge >= 0.3 is 0 Å². The maximum absolute atomic E-state index is 3.63. The average Bonchev–Trinajstić information content (AvgIpc) is 2.53. The first kappa shape index (κ1) is 13.2. The number of anilines is 1. The summed E-state index contributed by atoms with van der Waals surface area (Å²) in [4.78, 5) is 0. The summed E-state index contributed by atoms with van der Waals surface area (Å²) in [7, 11) is 0. The van der Waals surface area contributed by atoms with E-state index in [2.05, 4.69) is 54.7 Å². The molecule has 0 saturated carbocycles. The lowest BCUT2D eigenvalue weighted by Gasteiger charge is -2.20. The standard InChI is InChI=1S/C19H23N/c1-2-15-10-12-16(13-11-15)14-20-19-9-5-7-17-6-3-4-8-18(17)19/h5,7,9-13,20H,2-4,6,8,14H2,1H3. The Bertz CT molecular complexity index is 569. The lowest BCUT2D eigenvalue weighted by atomic mass is 9.90. The summed E-state index contributed by atoms with van der Waals surface area (Å²) in [5.74, 6) is 0. The zero-order valence-corrected chi connectivity index (χ0v) is 12.3. The molecule has 0 heterocycles. The zero-order valence-electron chi connectivity index (χ0n) is 12.3. The third-order valence-corrected chi connectivity index (χ3v) is 4.31. The van der Waals surface area contributed by atoms with Gasteiger partial charge in [0.15, 0.2) is 0 Å². The molecule has 0 saturated heterocycles. The molecule has 0 unspecified atom stereocenters. The van der Waals surface area contributed by atoms with Gasteiger partial charge < -0.3 is 5.32 Å². The smallest absolute Gasteiger partial charge is 0.0400 e. The summed E-state index contributed by atoms with van der Waals surface area (Å²) in [5, 5.41) is 3.63. The van der Waals surface area contributed by atoms with Crippen LogP contribution in [0.1, 0.15) is 42.0 Å². The first-order chi connectivity index (χ1) is 9.86. The molecular weight excluding hydrogens is 242 g/mol. The maximum atomic E-state index is 3.63. The van der Waals surface area contributed by atoms with Gasteiger partial charge in [0.1, 0.15) is 0 Å². The SMILES string of the molecule is CCc1ccc(CNc2cccc3c2CCCC3)cc1. The highest BCUT2D eigenvalue weighted by Gasteiger charge is 2.12. The molecule has 1 aliphatic carbocycles. The largest absolute Gasteiger partial charge is 0.381 e. The Balaban J connectivity index is 1.71. The van der Waals surface area contributed by atoms with Crippen molar-refractivity contribution in [2.24, 2.45) is 0 Å². The van der Waals surface area contributed by atoms with Gasteiger partial charge in [0, 0.05) is 12.2 Å². The minimum atomic E-state index is 0.917. The Morgan fingerprint density at radius 1 is 0.900 bits per heavy atom. The van der Waals surface area contributed by atoms with E-state index >= 15 is 0 Å². The van der Waals surface area contributed by atoms with Crippen molar-refractivity contribution in [1.82, 2.24) is 0 Å². The van der Waals surface area contributed by atoms with Crippen molar-refractivity contribution in [1.29, 1.82) is 0 Å². The molecule has 0 fully saturated rings. The summed E-state index contributed by atoms with van der Waals surface area (Å²) in [5.41, 5.74) is 7.19. The first-order valence-corrected chi connectivity index (χ1v) is 7.79. The van der Waals surface area contributed by atoms with Crippen LogP contribution in [0.4, 0.5) is 5.69 Å². The van der Waals surface area contributed by atoms with Crippen molar-refractivity contribution in [2.75, 3.05) is 5.32 Å². The average molecular weight is 265 g/mol. The Kier molecular flexibility index (Phi) is 4.05. The predicted octanol–water partition coefficient (Wildman–Crippen LogP) is 4.74. The fourth-order valence-electron chi connectivity index (χ4n) is 3.04. The lowest BCUT2D eigenvalue weighted by Crippen LogP contribution is -2.08. The van der Waals surface area contributed by atoms with Gasteiger partial charge in [0.25, 0.3) is 0 Å². The van der Waals surface area contributed by atoms with Gasteiger partial charge in [0.2, 0.25) is 0 Å². The number of hydrogen-bond acceptors (Lipinski definition) is 1. The van der Waals surface area contributed by atoms with Gasteiger partial charge in [-0.1, -0.05) is 43.3 Å². The lowest BCUT2D eigenvalue weighted by molar-refractivity contribution is 0.686. The van der Waals surface area contributed by atoms with Gasteiger partial charge in [-0.2, -0.15) is 0 Å². The van der Waals surface area contributed by atoms with Gasteiger partial charge in [-0.3, -0.25) is 0 Å². The predicted molar refractivity (Wildman–Crippen MR) is 86.2 cm³/mol. The number of benzene rings is 2. The van der Waals surface area contributed by atoms with E-state index in [-0.39, 0.29) is 0 Å². The van der Waals surface area contributed by atoms with Crippen molar-refractivity contribution in [3.8, 4) is 0 Å². The van der Waals surface area contributed by atoms with Crippen LogP contribution in [0.15, 0.2) is 42.5 Å². The van der Waals surface area contributed by atoms with Crippen LogP contribution in [0.5, 0.6) is 0 Å². The molecule has 1 nitrogen and oxygen atoms in total. The molecule has 3 rings (SSSR count). The van der Waals surface area contributed by atoms with E-state index in [9.17, 15) is 0 Å². The van der Waals surface area contributed by atoms with Crippen LogP contribution in [0.25, 0.3) is 0 Å². The molecule has 0 bridgehead atoms. The summed E-state index contributed by atoms with van der Waals surface area (Å²) < 4.78 is 0. The minimum absolute atomic E-state index is 0.917. The van der Waals surface area contributed by atoms with Crippen LogP contribution in [-0.2, 0) is 25.8 Å². The van der Waals surface area contributed by atoms with E-state index in [4.69, 9.17) is 0 Å². The second kappa shape index (κ2) is 6.13. The number of hydrogen-bond donors (Lipinski definition) is 1. The van der Waals surface area contributed by atoms with Crippen molar-refractivity contribution >= 4 is 5.69 Å². The minimum Gasteiger partial charge on any atom is -0.381 e. The van der Waals surface area contributed by atoms with Crippen LogP contribution in [0, 0.1) is 0 Å². The molecule has 20 heavy (non-hydrogen) atoms. The highest BCUT2D eigenvalue weighted by molar-refractivity contribution is 5.55. The van der Waals surface area contributed by atoms with Crippen LogP contribution in [-0.4, -0.2) is 0 Å². The van der Waals surface area contributed by atoms with E-state index in [0.717, 1.165) is 13.0 Å². The zero-order chi connectivity index (χ0) is 13.8. The second-order valence-corrected chi connectivity index (χ2v) is 5.67. The van der Waals surface area contributed by atoms with E-state index in [0.29, 0.717) is 0 Å². The van der Waals surface area contributed by atoms with Crippen LogP contribution in [0.2, 0.25) is 0 Å². The first-order valence-electron chi connectivity index (χ1n) is 7.79. The van der Waals surface area contributed by atoms with Gasteiger partial charge in [-0.05, 0) is 60.4 Å². The van der Waals surface area contributed by atoms with Crippen LogP contribution in [0.3, 0.4) is 0 Å². The number of nitrogens with one attached hydrogen (secondary N) is 1. The molecule has 0 spiro atoms. The van der Waals surface area contributed by atoms with E-state index in [1.54, 1.807) is 11.1 Å². The fourth-order valence-corrected chi connectivity index (χ4v) is 3.04. The Morgan fingerprint density at radius 3 is 2.45 bits per heavy atom. The molecule has 2 aromatic carbocycles. The number of aryl methyl sites for hydroxylation is 2. The quantitative estimate of drug-likeness (QED) is 0.842. The van der Waals surface area contributed by atoms with Crippen LogP contribution < -0.4 is 5.32 Å². The molecule has 2 aromatic rings. The molecule has 0 atom stereocenters. The highest BCUT2D eigenvalue weighted by Crippen LogP contribution is 2.28. The molecule has 1 aliphatic rings. The third-order valence-electron chi connectivity index (χ3n) is 4.31. The molecule has 104 valence electrons. The Hall–Kier alpha value is -1.76. The summed E-state index contributed by atoms with van der Waals surface area (Å²) >= 11 is 0. The molecule has 1 heteroatoms. The van der Waals surface area contributed by atoms with E-state index in [1.807, 2.05) is 0 Å². The van der Waals surface area contributed by atoms with Crippen molar-refractivity contribution in [3.63, 3.8) is 0 Å². The molecule has 0 radical (unpaired) electrons. The topological polar surface area (TPSA) is 12.0 Å². The summed E-state index contributed by atoms with van der Waals surface area (Å²) in [6, 6.07) is 15.6. The maximum Gasteiger partial charge on any atom is 0.0400 e. The molecule has 0 aliphatic heterocycles. The second-order valence-electron chi connectivity index (χ2n) is 5.67. The summed E-state index contributed by atoms with van der Waals surface area (Å²) in [6.07, 6.45) is 6.26. The highest BCUT2D eigenvalue weighted by atomic mass is 14.9. The van der Waals surface area contributed by atoms with Crippen molar-refractivity contribution < 1.29 is 0 Å². The van der Waals surface area contributed by atoms with Crippen molar-refractivity contribution in [3.05, 3.63) is 64.7 Å². The van der Waals surface area contributed by atoms with E-state index in [1.165, 1.54) is 42.5 Å². The Morgan fingerprint density at radius 2 is 1.65 bits per heavy atom. The molecule has 0 aromatic heterocycles.